The molecule has 10 aromatic rings. The lowest BCUT2D eigenvalue weighted by Gasteiger charge is -2.22. The van der Waals surface area contributed by atoms with Crippen molar-refractivity contribution < 1.29 is 0 Å². The number of thiophene rings is 1. The van der Waals surface area contributed by atoms with Crippen molar-refractivity contribution in [3.05, 3.63) is 200 Å². The first-order valence-electron chi connectivity index (χ1n) is 18.5. The molecule has 0 N–H and O–H groups in total. The van der Waals surface area contributed by atoms with Crippen LogP contribution in [-0.2, 0) is 0 Å². The molecule has 0 bridgehead atoms. The van der Waals surface area contributed by atoms with Crippen LogP contribution < -0.4 is 0 Å². The Bertz CT molecular complexity index is 2960. The van der Waals surface area contributed by atoms with Crippen molar-refractivity contribution in [3.8, 4) is 78.1 Å². The van der Waals surface area contributed by atoms with Gasteiger partial charge in [0.05, 0.1) is 0 Å². The molecule has 10 rings (SSSR count). The monoisotopic (exact) mass is 719 g/mol. The lowest BCUT2D eigenvalue weighted by molar-refractivity contribution is 0.879. The Morgan fingerprint density at radius 3 is 1.53 bits per heavy atom. The summed E-state index contributed by atoms with van der Waals surface area (Å²) in [5.41, 5.74) is 14.8. The molecule has 2 heterocycles. The van der Waals surface area contributed by atoms with Gasteiger partial charge in [0.2, 0.25) is 0 Å². The van der Waals surface area contributed by atoms with Gasteiger partial charge >= 0.3 is 0 Å². The second-order valence-corrected chi connectivity index (χ2v) is 14.6. The summed E-state index contributed by atoms with van der Waals surface area (Å²) in [6.07, 6.45) is 0. The molecule has 2 aromatic heterocycles. The number of rotatable bonds is 7. The largest absolute Gasteiger partial charge is 0.135 e. The molecule has 0 aliphatic rings. The van der Waals surface area contributed by atoms with Gasteiger partial charge in [-0.05, 0) is 56.3 Å². The second-order valence-electron chi connectivity index (χ2n) is 13.6. The van der Waals surface area contributed by atoms with E-state index < -0.39 is 0 Å². The van der Waals surface area contributed by atoms with E-state index in [1.54, 1.807) is 0 Å². The number of fused-ring (bicyclic) bond motifs is 3. The first-order chi connectivity index (χ1) is 27.3. The van der Waals surface area contributed by atoms with Crippen molar-refractivity contribution in [3.63, 3.8) is 0 Å². The van der Waals surface area contributed by atoms with E-state index in [4.69, 9.17) is 10.2 Å². The van der Waals surface area contributed by atoms with Crippen LogP contribution in [0.4, 0.5) is 0 Å². The fourth-order valence-corrected chi connectivity index (χ4v) is 9.07. The zero-order chi connectivity index (χ0) is 36.6. The Morgan fingerprint density at radius 2 is 0.818 bits per heavy atom. The van der Waals surface area contributed by atoms with Gasteiger partial charge in [-0.15, -0.1) is 21.5 Å². The van der Waals surface area contributed by atoms with E-state index in [9.17, 15) is 0 Å². The minimum atomic E-state index is 0.784. The van der Waals surface area contributed by atoms with E-state index in [0.29, 0.717) is 0 Å². The van der Waals surface area contributed by atoms with Gasteiger partial charge < -0.3 is 0 Å². The van der Waals surface area contributed by atoms with Crippen LogP contribution in [0.2, 0.25) is 0 Å². The van der Waals surface area contributed by atoms with Crippen LogP contribution in [0, 0.1) is 0 Å². The van der Waals surface area contributed by atoms with Crippen molar-refractivity contribution >= 4 is 31.5 Å². The maximum absolute atomic E-state index is 4.97. The van der Waals surface area contributed by atoms with Gasteiger partial charge in [-0.1, -0.05) is 188 Å². The molecule has 55 heavy (non-hydrogen) atoms. The van der Waals surface area contributed by atoms with Gasteiger partial charge in [0.1, 0.15) is 11.4 Å². The Hall–Kier alpha value is -7.01. The number of nitrogens with zero attached hydrogens (tertiary/aromatic N) is 3. The van der Waals surface area contributed by atoms with Crippen molar-refractivity contribution in [2.45, 2.75) is 0 Å². The van der Waals surface area contributed by atoms with Crippen LogP contribution in [0.25, 0.3) is 98.3 Å². The van der Waals surface area contributed by atoms with Crippen LogP contribution in [-0.4, -0.2) is 15.4 Å². The van der Waals surface area contributed by atoms with Crippen LogP contribution in [0.15, 0.2) is 200 Å². The summed E-state index contributed by atoms with van der Waals surface area (Å²) < 4.78 is 2.49. The predicted molar refractivity (Wildman–Crippen MR) is 231 cm³/mol. The fourth-order valence-electron chi connectivity index (χ4n) is 7.95. The third-order valence-electron chi connectivity index (χ3n) is 10.4. The van der Waals surface area contributed by atoms with Gasteiger partial charge in [-0.3, -0.25) is 0 Å². The molecule has 258 valence electrons. The van der Waals surface area contributed by atoms with E-state index in [1.165, 1.54) is 42.4 Å². The molecule has 0 aliphatic carbocycles. The lowest BCUT2D eigenvalue weighted by Crippen LogP contribution is -2.02. The normalized spacial score (nSPS) is 11.3. The Labute approximate surface area is 323 Å². The summed E-state index contributed by atoms with van der Waals surface area (Å²) in [4.78, 5) is 0. The summed E-state index contributed by atoms with van der Waals surface area (Å²) in [6, 6.07) is 71.1. The Morgan fingerprint density at radius 1 is 0.291 bits per heavy atom. The minimum Gasteiger partial charge on any atom is -0.135 e. The molecule has 0 saturated heterocycles. The summed E-state index contributed by atoms with van der Waals surface area (Å²) in [5.74, 6) is 0. The van der Waals surface area contributed by atoms with Crippen LogP contribution in [0.3, 0.4) is 0 Å². The van der Waals surface area contributed by atoms with Gasteiger partial charge in [0.15, 0.2) is 0 Å². The summed E-state index contributed by atoms with van der Waals surface area (Å²) in [6.45, 7) is 0. The van der Waals surface area contributed by atoms with E-state index in [-0.39, 0.29) is 0 Å². The average molecular weight is 720 g/mol. The highest BCUT2D eigenvalue weighted by atomic mass is 32.1. The molecule has 8 aromatic carbocycles. The van der Waals surface area contributed by atoms with Crippen LogP contribution >= 0.6 is 11.3 Å². The zero-order valence-corrected chi connectivity index (χ0v) is 30.6. The van der Waals surface area contributed by atoms with Crippen molar-refractivity contribution in [2.24, 2.45) is 0 Å². The molecule has 0 amide bonds. The molecule has 4 heteroatoms. The molecule has 0 atom stereocenters. The first kappa shape index (κ1) is 32.6. The third kappa shape index (κ3) is 5.81. The molecule has 0 radical (unpaired) electrons. The molecule has 0 spiro atoms. The fraction of sp³-hybridized carbons (Fsp3) is 0. The molecular formula is C51H33N3S. The minimum absolute atomic E-state index is 0.784. The van der Waals surface area contributed by atoms with Crippen molar-refractivity contribution in [2.75, 3.05) is 0 Å². The number of hydrogen-bond donors (Lipinski definition) is 0. The van der Waals surface area contributed by atoms with Gasteiger partial charge in [-0.2, -0.15) is 0 Å². The molecule has 0 fully saturated rings. The van der Waals surface area contributed by atoms with Gasteiger partial charge in [-0.25, -0.2) is 0 Å². The zero-order valence-electron chi connectivity index (χ0n) is 29.8. The number of hydrogen-bond acceptors (Lipinski definition) is 4. The highest BCUT2D eigenvalue weighted by molar-refractivity contribution is 7.26. The van der Waals surface area contributed by atoms with E-state index in [1.807, 2.05) is 35.6 Å². The van der Waals surface area contributed by atoms with E-state index in [0.717, 1.165) is 55.9 Å². The standard InChI is InChI=1S/C51H33N3S/c1-5-18-34(19-6-1)38-26-13-14-27-40(38)41-32-33-45-48(42-28-15-16-31-44(42)55-45)49(41)47-39(35-20-7-2-8-21-35)29-17-30-43(47)51-46(36-22-9-3-10-23-36)50(52-54-53-51)37-24-11-4-12-25-37/h1-33H. The van der Waals surface area contributed by atoms with E-state index >= 15 is 0 Å². The highest BCUT2D eigenvalue weighted by Crippen LogP contribution is 2.52. The summed E-state index contributed by atoms with van der Waals surface area (Å²) in [5, 5.41) is 16.7. The topological polar surface area (TPSA) is 38.7 Å². The third-order valence-corrected chi connectivity index (χ3v) is 11.5. The maximum Gasteiger partial charge on any atom is 0.105 e. The number of aromatic nitrogens is 3. The van der Waals surface area contributed by atoms with Crippen LogP contribution in [0.5, 0.6) is 0 Å². The summed E-state index contributed by atoms with van der Waals surface area (Å²) >= 11 is 1.84. The Balaban J connectivity index is 1.39. The Kier molecular flexibility index (Phi) is 8.36. The first-order valence-corrected chi connectivity index (χ1v) is 19.3. The molecule has 0 unspecified atom stereocenters. The molecular weight excluding hydrogens is 687 g/mol. The van der Waals surface area contributed by atoms with E-state index in [2.05, 4.69) is 181 Å². The van der Waals surface area contributed by atoms with Crippen molar-refractivity contribution in [1.82, 2.24) is 15.4 Å². The smallest absolute Gasteiger partial charge is 0.105 e. The highest BCUT2D eigenvalue weighted by Gasteiger charge is 2.27. The number of benzene rings is 8. The quantitative estimate of drug-likeness (QED) is 0.165. The van der Waals surface area contributed by atoms with Gasteiger partial charge in [0, 0.05) is 48.0 Å². The maximum atomic E-state index is 4.97. The second kappa shape index (κ2) is 14.1. The lowest BCUT2D eigenvalue weighted by atomic mass is 9.81. The van der Waals surface area contributed by atoms with Gasteiger partial charge in [0.25, 0.3) is 0 Å². The SMILES string of the molecule is c1ccc(-c2ccccc2-c2ccc3sc4ccccc4c3c2-c2c(-c3ccccc3)cccc2-c2nnnc(-c3ccccc3)c2-c2ccccc2)cc1. The molecule has 3 nitrogen and oxygen atoms in total. The molecule has 0 aliphatic heterocycles. The predicted octanol–water partition coefficient (Wildman–Crippen LogP) is 13.9. The summed E-state index contributed by atoms with van der Waals surface area (Å²) in [7, 11) is 0. The molecule has 0 saturated carbocycles. The average Bonchev–Trinajstić information content (AvgIpc) is 3.66. The van der Waals surface area contributed by atoms with Crippen molar-refractivity contribution in [1.29, 1.82) is 0 Å². The van der Waals surface area contributed by atoms with Crippen LogP contribution in [0.1, 0.15) is 0 Å².